The number of methoxy groups -OCH3 is 1. The molecule has 1 heterocycles. The molecule has 0 atom stereocenters. The number of benzene rings is 2. The Morgan fingerprint density at radius 1 is 1.35 bits per heavy atom. The predicted octanol–water partition coefficient (Wildman–Crippen LogP) is 4.05. The summed E-state index contributed by atoms with van der Waals surface area (Å²) in [6, 6.07) is 11.2. The van der Waals surface area contributed by atoms with Crippen LogP contribution in [0, 0.1) is 10.6 Å². The van der Waals surface area contributed by atoms with Gasteiger partial charge in [0.15, 0.2) is 10.6 Å². The van der Waals surface area contributed by atoms with Crippen molar-refractivity contribution in [3.63, 3.8) is 0 Å². The number of H-pyrrole nitrogens is 1. The zero-order valence-corrected chi connectivity index (χ0v) is 15.2. The predicted molar refractivity (Wildman–Crippen MR) is 99.4 cm³/mol. The van der Waals surface area contributed by atoms with E-state index in [1.165, 1.54) is 18.2 Å². The van der Waals surface area contributed by atoms with E-state index in [-0.39, 0.29) is 17.5 Å². The Morgan fingerprint density at radius 2 is 2.08 bits per heavy atom. The van der Waals surface area contributed by atoms with E-state index in [2.05, 4.69) is 15.5 Å². The van der Waals surface area contributed by atoms with E-state index in [0.29, 0.717) is 22.0 Å². The van der Waals surface area contributed by atoms with Gasteiger partial charge in [0.2, 0.25) is 5.91 Å². The minimum Gasteiger partial charge on any atom is -0.497 e. The summed E-state index contributed by atoms with van der Waals surface area (Å²) in [6.45, 7) is -0.0638. The van der Waals surface area contributed by atoms with Crippen LogP contribution in [0.3, 0.4) is 0 Å². The van der Waals surface area contributed by atoms with Crippen molar-refractivity contribution in [1.29, 1.82) is 0 Å². The first-order valence-corrected chi connectivity index (χ1v) is 8.31. The third-order valence-electron chi connectivity index (χ3n) is 3.61. The van der Waals surface area contributed by atoms with Crippen molar-refractivity contribution in [2.24, 2.45) is 0 Å². The highest BCUT2D eigenvalue weighted by molar-refractivity contribution is 7.71. The van der Waals surface area contributed by atoms with Crippen molar-refractivity contribution >= 4 is 35.4 Å². The average molecular weight is 393 g/mol. The molecule has 0 aliphatic heterocycles. The van der Waals surface area contributed by atoms with Crippen LogP contribution >= 0.6 is 23.8 Å². The minimum atomic E-state index is -0.552. The van der Waals surface area contributed by atoms with Gasteiger partial charge in [0.1, 0.15) is 18.1 Å². The molecular weight excluding hydrogens is 379 g/mol. The quantitative estimate of drug-likeness (QED) is 0.642. The summed E-state index contributed by atoms with van der Waals surface area (Å²) >= 11 is 10.9. The number of carbonyl (C=O) groups excluding carboxylic acids is 1. The second-order valence-electron chi connectivity index (χ2n) is 5.34. The average Bonchev–Trinajstić information content (AvgIpc) is 2.99. The summed E-state index contributed by atoms with van der Waals surface area (Å²) in [6.07, 6.45) is 0. The van der Waals surface area contributed by atoms with Crippen molar-refractivity contribution in [2.45, 2.75) is 6.54 Å². The number of hydrogen-bond donors (Lipinski definition) is 2. The molecule has 0 radical (unpaired) electrons. The molecule has 1 amide bonds. The van der Waals surface area contributed by atoms with E-state index in [0.717, 1.165) is 5.56 Å². The van der Waals surface area contributed by atoms with E-state index in [4.69, 9.17) is 28.6 Å². The Balaban J connectivity index is 1.81. The fraction of sp³-hybridized carbons (Fsp3) is 0.118. The molecule has 0 aliphatic rings. The van der Waals surface area contributed by atoms with Crippen LogP contribution in [0.4, 0.5) is 10.1 Å². The fourth-order valence-electron chi connectivity index (χ4n) is 2.34. The molecule has 26 heavy (non-hydrogen) atoms. The van der Waals surface area contributed by atoms with Crippen molar-refractivity contribution in [1.82, 2.24) is 14.8 Å². The second kappa shape index (κ2) is 7.67. The molecule has 1 aromatic heterocycles. The van der Waals surface area contributed by atoms with E-state index in [1.807, 2.05) is 12.1 Å². The summed E-state index contributed by atoms with van der Waals surface area (Å²) in [5, 5.41) is 9.45. The topological polar surface area (TPSA) is 71.9 Å². The van der Waals surface area contributed by atoms with Crippen molar-refractivity contribution < 1.29 is 13.9 Å². The SMILES string of the molecule is COc1ccc(-c2n[nH]c(=S)n2CC(=O)Nc2ccc(F)c(Cl)c2)cc1. The maximum Gasteiger partial charge on any atom is 0.244 e. The number of carbonyl (C=O) groups is 1. The number of nitrogens with one attached hydrogen (secondary N) is 2. The first-order valence-electron chi connectivity index (χ1n) is 7.52. The van der Waals surface area contributed by atoms with Gasteiger partial charge in [-0.2, -0.15) is 5.10 Å². The Kier molecular flexibility index (Phi) is 5.34. The Bertz CT molecular complexity index is 1000. The molecule has 2 aromatic carbocycles. The molecule has 3 rings (SSSR count). The van der Waals surface area contributed by atoms with Crippen LogP contribution < -0.4 is 10.1 Å². The van der Waals surface area contributed by atoms with Gasteiger partial charge in [0.05, 0.1) is 12.1 Å². The van der Waals surface area contributed by atoms with Gasteiger partial charge in [-0.05, 0) is 54.7 Å². The maximum absolute atomic E-state index is 13.2. The van der Waals surface area contributed by atoms with E-state index < -0.39 is 5.82 Å². The van der Waals surface area contributed by atoms with Crippen LogP contribution in [0.2, 0.25) is 5.02 Å². The van der Waals surface area contributed by atoms with E-state index in [1.54, 1.807) is 23.8 Å². The molecular formula is C17H14ClFN4O2S. The van der Waals surface area contributed by atoms with Crippen molar-refractivity contribution in [3.8, 4) is 17.1 Å². The largest absolute Gasteiger partial charge is 0.497 e. The summed E-state index contributed by atoms with van der Waals surface area (Å²) < 4.78 is 20.2. The highest BCUT2D eigenvalue weighted by atomic mass is 35.5. The normalized spacial score (nSPS) is 10.6. The van der Waals surface area contributed by atoms with E-state index >= 15 is 0 Å². The molecule has 3 aromatic rings. The van der Waals surface area contributed by atoms with Crippen molar-refractivity contribution in [3.05, 3.63) is 58.1 Å². The number of amides is 1. The minimum absolute atomic E-state index is 0.0638. The lowest BCUT2D eigenvalue weighted by molar-refractivity contribution is -0.116. The summed E-state index contributed by atoms with van der Waals surface area (Å²) in [4.78, 5) is 12.3. The van der Waals surface area contributed by atoms with Crippen LogP contribution in [0.25, 0.3) is 11.4 Å². The Hall–Kier alpha value is -2.71. The molecule has 0 aliphatic carbocycles. The molecule has 0 unspecified atom stereocenters. The van der Waals surface area contributed by atoms with Crippen LogP contribution in [0.1, 0.15) is 0 Å². The number of aromatic nitrogens is 3. The lowest BCUT2D eigenvalue weighted by Gasteiger charge is -2.09. The van der Waals surface area contributed by atoms with Crippen molar-refractivity contribution in [2.75, 3.05) is 12.4 Å². The number of aromatic amines is 1. The molecule has 9 heteroatoms. The number of hydrogen-bond acceptors (Lipinski definition) is 4. The molecule has 0 spiro atoms. The van der Waals surface area contributed by atoms with Gasteiger partial charge in [-0.1, -0.05) is 11.6 Å². The number of halogens is 2. The summed E-state index contributed by atoms with van der Waals surface area (Å²) in [5.74, 6) is 0.328. The zero-order chi connectivity index (χ0) is 18.7. The number of rotatable bonds is 5. The highest BCUT2D eigenvalue weighted by Gasteiger charge is 2.13. The molecule has 2 N–H and O–H groups in total. The molecule has 0 saturated carbocycles. The zero-order valence-electron chi connectivity index (χ0n) is 13.6. The van der Waals surface area contributed by atoms with Gasteiger partial charge < -0.3 is 10.1 Å². The summed E-state index contributed by atoms with van der Waals surface area (Å²) in [5.41, 5.74) is 1.16. The first-order chi connectivity index (χ1) is 12.5. The molecule has 6 nitrogen and oxygen atoms in total. The van der Waals surface area contributed by atoms with Crippen LogP contribution in [-0.4, -0.2) is 27.8 Å². The third kappa shape index (κ3) is 3.92. The van der Waals surface area contributed by atoms with Gasteiger partial charge in [0.25, 0.3) is 0 Å². The monoisotopic (exact) mass is 392 g/mol. The molecule has 0 saturated heterocycles. The molecule has 0 bridgehead atoms. The van der Waals surface area contributed by atoms with Gasteiger partial charge >= 0.3 is 0 Å². The van der Waals surface area contributed by atoms with Gasteiger partial charge in [-0.3, -0.25) is 14.5 Å². The second-order valence-corrected chi connectivity index (χ2v) is 6.14. The molecule has 134 valence electrons. The maximum atomic E-state index is 13.2. The number of nitrogens with zero attached hydrogens (tertiary/aromatic N) is 2. The van der Waals surface area contributed by atoms with Gasteiger partial charge in [-0.25, -0.2) is 4.39 Å². The fourth-order valence-corrected chi connectivity index (χ4v) is 2.72. The number of ether oxygens (including phenoxy) is 1. The van der Waals surface area contributed by atoms with E-state index in [9.17, 15) is 9.18 Å². The van der Waals surface area contributed by atoms with Crippen LogP contribution in [0.15, 0.2) is 42.5 Å². The Labute approximate surface area is 158 Å². The lowest BCUT2D eigenvalue weighted by Crippen LogP contribution is -2.19. The standard InChI is InChI=1S/C17H14ClFN4O2S/c1-25-12-5-2-10(3-6-12)16-21-22-17(26)23(16)9-15(24)20-11-4-7-14(19)13(18)8-11/h2-8H,9H2,1H3,(H,20,24)(H,22,26). The molecule has 0 fully saturated rings. The third-order valence-corrected chi connectivity index (χ3v) is 4.21. The van der Waals surface area contributed by atoms with Crippen LogP contribution in [-0.2, 0) is 11.3 Å². The number of anilines is 1. The Morgan fingerprint density at radius 3 is 2.73 bits per heavy atom. The lowest BCUT2D eigenvalue weighted by atomic mass is 10.2. The smallest absolute Gasteiger partial charge is 0.244 e. The first kappa shape index (κ1) is 18.1. The van der Waals surface area contributed by atoms with Gasteiger partial charge in [-0.15, -0.1) is 0 Å². The van der Waals surface area contributed by atoms with Crippen LogP contribution in [0.5, 0.6) is 5.75 Å². The highest BCUT2D eigenvalue weighted by Crippen LogP contribution is 2.22. The van der Waals surface area contributed by atoms with Gasteiger partial charge in [0, 0.05) is 11.3 Å². The summed E-state index contributed by atoms with van der Waals surface area (Å²) in [7, 11) is 1.58.